The number of carbonyl (C=O) groups is 2. The molecule has 0 unspecified atom stereocenters. The van der Waals surface area contributed by atoms with Gasteiger partial charge in [0.1, 0.15) is 5.60 Å². The predicted octanol–water partition coefficient (Wildman–Crippen LogP) is 2.24. The fourth-order valence-corrected chi connectivity index (χ4v) is 2.42. The topological polar surface area (TPSA) is 73.7 Å². The first-order valence-corrected chi connectivity index (χ1v) is 7.40. The molecule has 2 rings (SSSR count). The molecule has 0 aliphatic carbocycles. The average molecular weight is 309 g/mol. The highest BCUT2D eigenvalue weighted by molar-refractivity contribution is 5.86. The number of amides is 1. The van der Waals surface area contributed by atoms with Crippen LogP contribution in [0.2, 0.25) is 0 Å². The van der Waals surface area contributed by atoms with Crippen molar-refractivity contribution in [2.24, 2.45) is 0 Å². The van der Waals surface area contributed by atoms with Crippen LogP contribution in [-0.2, 0) is 9.47 Å². The summed E-state index contributed by atoms with van der Waals surface area (Å²) in [5.41, 5.74) is -0.176. The summed E-state index contributed by atoms with van der Waals surface area (Å²) >= 11 is 0. The Morgan fingerprint density at radius 2 is 1.91 bits per heavy atom. The first kappa shape index (κ1) is 16.3. The molecule has 1 aromatic heterocycles. The van der Waals surface area contributed by atoms with E-state index in [1.807, 2.05) is 25.3 Å². The largest absolute Gasteiger partial charge is 0.464 e. The van der Waals surface area contributed by atoms with Crippen LogP contribution in [0.5, 0.6) is 0 Å². The maximum atomic E-state index is 12.0. The molecule has 0 radical (unpaired) electrons. The van der Waals surface area contributed by atoms with Gasteiger partial charge in [0.2, 0.25) is 0 Å². The Hall–Kier alpha value is -2.05. The van der Waals surface area contributed by atoms with E-state index >= 15 is 0 Å². The molecule has 0 spiro atoms. The maximum Gasteiger partial charge on any atom is 0.410 e. The van der Waals surface area contributed by atoms with E-state index < -0.39 is 11.6 Å². The molecule has 1 fully saturated rings. The lowest BCUT2D eigenvalue weighted by atomic mass is 10.1. The molecule has 0 atom stereocenters. The van der Waals surface area contributed by atoms with Crippen LogP contribution in [-0.4, -0.2) is 52.3 Å². The van der Waals surface area contributed by atoms with E-state index in [0.717, 1.165) is 12.8 Å². The zero-order chi connectivity index (χ0) is 16.3. The molecule has 1 saturated heterocycles. The number of rotatable bonds is 2. The van der Waals surface area contributed by atoms with E-state index in [1.165, 1.54) is 7.11 Å². The van der Waals surface area contributed by atoms with Crippen molar-refractivity contribution in [3.8, 4) is 0 Å². The zero-order valence-electron chi connectivity index (χ0n) is 13.5. The molecule has 1 amide bonds. The van der Waals surface area contributed by atoms with Gasteiger partial charge in [-0.25, -0.2) is 14.6 Å². The van der Waals surface area contributed by atoms with Crippen LogP contribution in [0, 0.1) is 0 Å². The second-order valence-corrected chi connectivity index (χ2v) is 6.40. The zero-order valence-corrected chi connectivity index (χ0v) is 13.5. The molecule has 1 aliphatic rings. The van der Waals surface area contributed by atoms with Crippen molar-refractivity contribution < 1.29 is 19.1 Å². The Kier molecular flexibility index (Phi) is 4.73. The highest BCUT2D eigenvalue weighted by atomic mass is 16.6. The Labute approximate surface area is 130 Å². The number of piperidine rings is 1. The molecule has 0 bridgehead atoms. The van der Waals surface area contributed by atoms with Gasteiger partial charge in [0.15, 0.2) is 5.69 Å². The molecular formula is C15H23N3O4. The molecule has 7 heteroatoms. The summed E-state index contributed by atoms with van der Waals surface area (Å²) in [6.07, 6.45) is 4.67. The van der Waals surface area contributed by atoms with Crippen LogP contribution in [0.15, 0.2) is 12.5 Å². The number of hydrogen-bond donors (Lipinski definition) is 0. The van der Waals surface area contributed by atoms with E-state index in [9.17, 15) is 9.59 Å². The monoisotopic (exact) mass is 309 g/mol. The molecule has 1 aromatic rings. The predicted molar refractivity (Wildman–Crippen MR) is 79.6 cm³/mol. The van der Waals surface area contributed by atoms with Crippen LogP contribution in [0.3, 0.4) is 0 Å². The molecule has 122 valence electrons. The highest BCUT2D eigenvalue weighted by Crippen LogP contribution is 2.24. The average Bonchev–Trinajstić information content (AvgIpc) is 2.94. The summed E-state index contributed by atoms with van der Waals surface area (Å²) in [6, 6.07) is 0.226. The van der Waals surface area contributed by atoms with Gasteiger partial charge in [-0.1, -0.05) is 0 Å². The number of imidazole rings is 1. The van der Waals surface area contributed by atoms with Gasteiger partial charge in [-0.15, -0.1) is 0 Å². The van der Waals surface area contributed by atoms with Crippen molar-refractivity contribution in [1.82, 2.24) is 14.5 Å². The minimum Gasteiger partial charge on any atom is -0.464 e. The van der Waals surface area contributed by atoms with E-state index in [-0.39, 0.29) is 12.1 Å². The number of likely N-dealkylation sites (tertiary alicyclic amines) is 1. The number of ether oxygens (including phenoxy) is 2. The van der Waals surface area contributed by atoms with Gasteiger partial charge >= 0.3 is 12.1 Å². The summed E-state index contributed by atoms with van der Waals surface area (Å²) in [7, 11) is 1.33. The summed E-state index contributed by atoms with van der Waals surface area (Å²) < 4.78 is 11.9. The van der Waals surface area contributed by atoms with Crippen molar-refractivity contribution in [2.45, 2.75) is 45.3 Å². The van der Waals surface area contributed by atoms with Crippen LogP contribution >= 0.6 is 0 Å². The normalized spacial score (nSPS) is 16.5. The maximum absolute atomic E-state index is 12.0. The molecule has 1 aliphatic heterocycles. The lowest BCUT2D eigenvalue weighted by Crippen LogP contribution is -2.42. The lowest BCUT2D eigenvalue weighted by molar-refractivity contribution is 0.0188. The minimum atomic E-state index is -0.478. The Balaban J connectivity index is 1.91. The number of nitrogens with zero attached hydrogens (tertiary/aromatic N) is 3. The summed E-state index contributed by atoms with van der Waals surface area (Å²) in [6.45, 7) is 6.84. The number of hydrogen-bond acceptors (Lipinski definition) is 5. The summed E-state index contributed by atoms with van der Waals surface area (Å²) in [5.74, 6) is -0.440. The molecule has 0 N–H and O–H groups in total. The molecular weight excluding hydrogens is 286 g/mol. The van der Waals surface area contributed by atoms with E-state index in [0.29, 0.717) is 18.8 Å². The smallest absolute Gasteiger partial charge is 0.410 e. The standard InChI is InChI=1S/C15H23N3O4/c1-15(2,3)22-14(20)17-7-5-11(6-8-17)18-9-12(16-10-18)13(19)21-4/h9-11H,5-8H2,1-4H3. The minimum absolute atomic E-state index is 0.226. The van der Waals surface area contributed by atoms with Crippen LogP contribution in [0.1, 0.15) is 50.1 Å². The fourth-order valence-electron chi connectivity index (χ4n) is 2.42. The van der Waals surface area contributed by atoms with Crippen molar-refractivity contribution in [3.05, 3.63) is 18.2 Å². The van der Waals surface area contributed by atoms with Gasteiger partial charge < -0.3 is 18.9 Å². The van der Waals surface area contributed by atoms with Crippen molar-refractivity contribution in [2.75, 3.05) is 20.2 Å². The van der Waals surface area contributed by atoms with E-state index in [2.05, 4.69) is 9.72 Å². The van der Waals surface area contributed by atoms with Crippen molar-refractivity contribution >= 4 is 12.1 Å². The Morgan fingerprint density at radius 3 is 2.45 bits per heavy atom. The van der Waals surface area contributed by atoms with Gasteiger partial charge in [0.25, 0.3) is 0 Å². The number of esters is 1. The number of carbonyl (C=O) groups excluding carboxylic acids is 2. The second kappa shape index (κ2) is 6.37. The molecule has 0 aromatic carbocycles. The highest BCUT2D eigenvalue weighted by Gasteiger charge is 2.27. The fraction of sp³-hybridized carbons (Fsp3) is 0.667. The van der Waals surface area contributed by atoms with Gasteiger partial charge in [0.05, 0.1) is 13.4 Å². The summed E-state index contributed by atoms with van der Waals surface area (Å²) in [5, 5.41) is 0. The van der Waals surface area contributed by atoms with Crippen molar-refractivity contribution in [1.29, 1.82) is 0 Å². The Morgan fingerprint density at radius 1 is 1.27 bits per heavy atom. The van der Waals surface area contributed by atoms with E-state index in [1.54, 1.807) is 17.4 Å². The van der Waals surface area contributed by atoms with Gasteiger partial charge in [-0.3, -0.25) is 0 Å². The SMILES string of the molecule is COC(=O)c1cn(C2CCN(C(=O)OC(C)(C)C)CC2)cn1. The molecule has 0 saturated carbocycles. The first-order valence-electron chi connectivity index (χ1n) is 7.40. The molecule has 7 nitrogen and oxygen atoms in total. The van der Waals surface area contributed by atoms with E-state index in [4.69, 9.17) is 4.74 Å². The van der Waals surface area contributed by atoms with Crippen LogP contribution < -0.4 is 0 Å². The third-order valence-electron chi connectivity index (χ3n) is 3.53. The van der Waals surface area contributed by atoms with Crippen LogP contribution in [0.25, 0.3) is 0 Å². The first-order chi connectivity index (χ1) is 10.3. The molecule has 2 heterocycles. The van der Waals surface area contributed by atoms with Crippen molar-refractivity contribution in [3.63, 3.8) is 0 Å². The van der Waals surface area contributed by atoms with Crippen LogP contribution in [0.4, 0.5) is 4.79 Å². The lowest BCUT2D eigenvalue weighted by Gasteiger charge is -2.33. The number of aromatic nitrogens is 2. The van der Waals surface area contributed by atoms with Gasteiger partial charge in [-0.2, -0.15) is 0 Å². The molecule has 22 heavy (non-hydrogen) atoms. The van der Waals surface area contributed by atoms with Gasteiger partial charge in [-0.05, 0) is 33.6 Å². The Bertz CT molecular complexity index is 539. The second-order valence-electron chi connectivity index (χ2n) is 6.40. The third-order valence-corrected chi connectivity index (χ3v) is 3.53. The number of methoxy groups -OCH3 is 1. The quantitative estimate of drug-likeness (QED) is 0.783. The third kappa shape index (κ3) is 3.99. The van der Waals surface area contributed by atoms with Gasteiger partial charge in [0, 0.05) is 25.3 Å². The summed E-state index contributed by atoms with van der Waals surface area (Å²) in [4.78, 5) is 29.2.